The Morgan fingerprint density at radius 2 is 1.71 bits per heavy atom. The van der Waals surface area contributed by atoms with E-state index in [9.17, 15) is 4.79 Å². The lowest BCUT2D eigenvalue weighted by Gasteiger charge is -2.17. The van der Waals surface area contributed by atoms with Crippen LogP contribution in [0.3, 0.4) is 0 Å². The maximum Gasteiger partial charge on any atom is 0.338 e. The van der Waals surface area contributed by atoms with E-state index < -0.39 is 0 Å². The maximum atomic E-state index is 11.6. The lowest BCUT2D eigenvalue weighted by Crippen LogP contribution is -2.15. The second kappa shape index (κ2) is 9.76. The molecule has 0 fully saturated rings. The van der Waals surface area contributed by atoms with Crippen molar-refractivity contribution in [3.8, 4) is 5.75 Å². The molecule has 24 heavy (non-hydrogen) atoms. The number of carbonyl (C=O) groups is 1. The number of carbonyl (C=O) groups excluding carboxylic acids is 1. The molecule has 2 aromatic carbocycles. The van der Waals surface area contributed by atoms with Crippen LogP contribution in [0.1, 0.15) is 42.6 Å². The molecule has 0 aliphatic rings. The van der Waals surface area contributed by atoms with Crippen molar-refractivity contribution in [3.05, 3.63) is 65.7 Å². The first-order chi connectivity index (χ1) is 11.7. The number of esters is 1. The third kappa shape index (κ3) is 5.73. The van der Waals surface area contributed by atoms with Gasteiger partial charge in [0.05, 0.1) is 18.8 Å². The molecule has 0 aliphatic carbocycles. The van der Waals surface area contributed by atoms with Gasteiger partial charge in [-0.2, -0.15) is 0 Å². The summed E-state index contributed by atoms with van der Waals surface area (Å²) in [7, 11) is 0. The van der Waals surface area contributed by atoms with Gasteiger partial charge in [-0.15, -0.1) is 0 Å². The van der Waals surface area contributed by atoms with Gasteiger partial charge in [0, 0.05) is 0 Å². The summed E-state index contributed by atoms with van der Waals surface area (Å²) in [4.78, 5) is 11.6. The Morgan fingerprint density at radius 3 is 2.33 bits per heavy atom. The molecule has 3 nitrogen and oxygen atoms in total. The topological polar surface area (TPSA) is 35.5 Å². The van der Waals surface area contributed by atoms with Gasteiger partial charge in [-0.1, -0.05) is 43.7 Å². The predicted molar refractivity (Wildman–Crippen MR) is 96.4 cm³/mol. The largest absolute Gasteiger partial charge is 0.493 e. The summed E-state index contributed by atoms with van der Waals surface area (Å²) in [6.45, 7) is 5.07. The third-order valence-corrected chi connectivity index (χ3v) is 3.92. The molecule has 0 N–H and O–H groups in total. The van der Waals surface area contributed by atoms with Crippen LogP contribution in [0, 0.1) is 5.92 Å². The SMILES string of the molecule is CCC[C@H](COc1ccc(C(=O)OCC)cc1)Cc1ccccc1. The fourth-order valence-electron chi connectivity index (χ4n) is 2.72. The van der Waals surface area contributed by atoms with E-state index in [1.165, 1.54) is 5.56 Å². The van der Waals surface area contributed by atoms with Crippen molar-refractivity contribution in [2.24, 2.45) is 5.92 Å². The fourth-order valence-corrected chi connectivity index (χ4v) is 2.72. The molecule has 0 saturated heterocycles. The summed E-state index contributed by atoms with van der Waals surface area (Å²) >= 11 is 0. The zero-order chi connectivity index (χ0) is 17.2. The van der Waals surface area contributed by atoms with E-state index in [2.05, 4.69) is 31.2 Å². The molecule has 0 heterocycles. The van der Waals surface area contributed by atoms with Gasteiger partial charge in [0.25, 0.3) is 0 Å². The zero-order valence-electron chi connectivity index (χ0n) is 14.5. The van der Waals surface area contributed by atoms with Gasteiger partial charge < -0.3 is 9.47 Å². The van der Waals surface area contributed by atoms with Crippen LogP contribution in [-0.2, 0) is 11.2 Å². The molecular formula is C21H26O3. The zero-order valence-corrected chi connectivity index (χ0v) is 14.5. The van der Waals surface area contributed by atoms with Gasteiger partial charge in [-0.25, -0.2) is 4.79 Å². The fraction of sp³-hybridized carbons (Fsp3) is 0.381. The lowest BCUT2D eigenvalue weighted by atomic mass is 9.96. The van der Waals surface area contributed by atoms with Crippen molar-refractivity contribution < 1.29 is 14.3 Å². The van der Waals surface area contributed by atoms with Crippen molar-refractivity contribution in [1.29, 1.82) is 0 Å². The minimum absolute atomic E-state index is 0.294. The van der Waals surface area contributed by atoms with E-state index in [1.807, 2.05) is 18.2 Å². The lowest BCUT2D eigenvalue weighted by molar-refractivity contribution is 0.0526. The molecule has 0 spiro atoms. The van der Waals surface area contributed by atoms with E-state index in [0.717, 1.165) is 25.0 Å². The molecule has 0 saturated carbocycles. The van der Waals surface area contributed by atoms with Gasteiger partial charge in [0.2, 0.25) is 0 Å². The van der Waals surface area contributed by atoms with Crippen LogP contribution in [0.4, 0.5) is 0 Å². The summed E-state index contributed by atoms with van der Waals surface area (Å²) < 4.78 is 10.9. The molecule has 2 aromatic rings. The van der Waals surface area contributed by atoms with Crippen LogP contribution in [0.2, 0.25) is 0 Å². The molecular weight excluding hydrogens is 300 g/mol. The third-order valence-electron chi connectivity index (χ3n) is 3.92. The number of rotatable bonds is 9. The Hall–Kier alpha value is -2.29. The van der Waals surface area contributed by atoms with Crippen molar-refractivity contribution in [1.82, 2.24) is 0 Å². The Bertz CT molecular complexity index is 605. The van der Waals surface area contributed by atoms with Crippen LogP contribution in [0.25, 0.3) is 0 Å². The molecule has 1 atom stereocenters. The summed E-state index contributed by atoms with van der Waals surface area (Å²) in [6.07, 6.45) is 3.30. The molecule has 2 rings (SSSR count). The summed E-state index contributed by atoms with van der Waals surface area (Å²) in [6, 6.07) is 17.7. The Balaban J connectivity index is 1.90. The summed E-state index contributed by atoms with van der Waals surface area (Å²) in [5.41, 5.74) is 1.90. The molecule has 0 bridgehead atoms. The Labute approximate surface area is 144 Å². The Kier molecular flexibility index (Phi) is 7.34. The van der Waals surface area contributed by atoms with E-state index in [1.54, 1.807) is 19.1 Å². The highest BCUT2D eigenvalue weighted by atomic mass is 16.5. The van der Waals surface area contributed by atoms with Crippen molar-refractivity contribution in [3.63, 3.8) is 0 Å². The van der Waals surface area contributed by atoms with Crippen LogP contribution in [0.5, 0.6) is 5.75 Å². The molecule has 0 radical (unpaired) electrons. The monoisotopic (exact) mass is 326 g/mol. The molecule has 128 valence electrons. The van der Waals surface area contributed by atoms with Gasteiger partial charge in [0.15, 0.2) is 0 Å². The van der Waals surface area contributed by atoms with Crippen molar-refractivity contribution in [2.45, 2.75) is 33.1 Å². The van der Waals surface area contributed by atoms with E-state index >= 15 is 0 Å². The van der Waals surface area contributed by atoms with Gasteiger partial charge in [-0.3, -0.25) is 0 Å². The highest BCUT2D eigenvalue weighted by molar-refractivity contribution is 5.89. The standard InChI is InChI=1S/C21H26O3/c1-3-8-18(15-17-9-6-5-7-10-17)16-24-20-13-11-19(12-14-20)21(22)23-4-2/h5-7,9-14,18H,3-4,8,15-16H2,1-2H3/t18-/m0/s1. The predicted octanol–water partition coefficient (Wildman–Crippen LogP) is 4.90. The van der Waals surface area contributed by atoms with Gasteiger partial charge in [0.1, 0.15) is 5.75 Å². The average molecular weight is 326 g/mol. The highest BCUT2D eigenvalue weighted by Crippen LogP contribution is 2.18. The second-order valence-electron chi connectivity index (χ2n) is 5.90. The maximum absolute atomic E-state index is 11.6. The van der Waals surface area contributed by atoms with Crippen LogP contribution in [0.15, 0.2) is 54.6 Å². The number of hydrogen-bond donors (Lipinski definition) is 0. The van der Waals surface area contributed by atoms with Crippen molar-refractivity contribution >= 4 is 5.97 Å². The van der Waals surface area contributed by atoms with Crippen molar-refractivity contribution in [2.75, 3.05) is 13.2 Å². The Morgan fingerprint density at radius 1 is 1.00 bits per heavy atom. The van der Waals surface area contributed by atoms with Crippen LogP contribution in [-0.4, -0.2) is 19.2 Å². The van der Waals surface area contributed by atoms with E-state index in [-0.39, 0.29) is 5.97 Å². The van der Waals surface area contributed by atoms with E-state index in [4.69, 9.17) is 9.47 Å². The first-order valence-corrected chi connectivity index (χ1v) is 8.66. The number of benzene rings is 2. The van der Waals surface area contributed by atoms with Crippen LogP contribution < -0.4 is 4.74 Å². The number of ether oxygens (including phenoxy) is 2. The van der Waals surface area contributed by atoms with Crippen LogP contribution >= 0.6 is 0 Å². The minimum atomic E-state index is -0.294. The minimum Gasteiger partial charge on any atom is -0.493 e. The average Bonchev–Trinajstić information content (AvgIpc) is 2.61. The molecule has 0 amide bonds. The highest BCUT2D eigenvalue weighted by Gasteiger charge is 2.11. The molecule has 0 aromatic heterocycles. The molecule has 3 heteroatoms. The normalized spacial score (nSPS) is 11.8. The van der Waals surface area contributed by atoms with Gasteiger partial charge in [-0.05, 0) is 55.5 Å². The summed E-state index contributed by atoms with van der Waals surface area (Å²) in [5, 5.41) is 0. The quantitative estimate of drug-likeness (QED) is 0.615. The second-order valence-corrected chi connectivity index (χ2v) is 5.90. The smallest absolute Gasteiger partial charge is 0.338 e. The number of hydrogen-bond acceptors (Lipinski definition) is 3. The first kappa shape index (κ1) is 18.1. The summed E-state index contributed by atoms with van der Waals surface area (Å²) in [5.74, 6) is 0.983. The van der Waals surface area contributed by atoms with Gasteiger partial charge >= 0.3 is 5.97 Å². The van der Waals surface area contributed by atoms with E-state index in [0.29, 0.717) is 24.7 Å². The molecule has 0 aliphatic heterocycles. The molecule has 0 unspecified atom stereocenters. The first-order valence-electron chi connectivity index (χ1n) is 8.66.